The fraction of sp³-hybridized carbons (Fsp3) is 0.312. The molecule has 0 unspecified atom stereocenters. The molecule has 1 aromatic heterocycles. The Kier molecular flexibility index (Phi) is 4.79. The van der Waals surface area contributed by atoms with Gasteiger partial charge in [0.05, 0.1) is 17.3 Å². The molecular formula is C16H18N4O2. The smallest absolute Gasteiger partial charge is 0.239 e. The van der Waals surface area contributed by atoms with E-state index in [1.165, 1.54) is 0 Å². The molecule has 1 amide bonds. The Morgan fingerprint density at radius 3 is 2.50 bits per heavy atom. The number of rotatable bonds is 6. The lowest BCUT2D eigenvalue weighted by molar-refractivity contribution is -0.118. The van der Waals surface area contributed by atoms with Gasteiger partial charge >= 0.3 is 0 Å². The second-order valence-electron chi connectivity index (χ2n) is 4.79. The summed E-state index contributed by atoms with van der Waals surface area (Å²) < 4.78 is 7.54. The van der Waals surface area contributed by atoms with Crippen molar-refractivity contribution < 1.29 is 9.53 Å². The summed E-state index contributed by atoms with van der Waals surface area (Å²) in [5, 5.41) is 13.2. The highest BCUT2D eigenvalue weighted by molar-refractivity contribution is 5.73. The Morgan fingerprint density at radius 1 is 1.32 bits per heavy atom. The molecule has 0 aliphatic carbocycles. The number of hydrogen-bond donors (Lipinski definition) is 1. The van der Waals surface area contributed by atoms with Gasteiger partial charge in [0, 0.05) is 0 Å². The van der Waals surface area contributed by atoms with Crippen LogP contribution in [0.2, 0.25) is 0 Å². The van der Waals surface area contributed by atoms with E-state index < -0.39 is 5.91 Å². The third kappa shape index (κ3) is 3.26. The summed E-state index contributed by atoms with van der Waals surface area (Å²) >= 11 is 0. The van der Waals surface area contributed by atoms with E-state index in [0.717, 1.165) is 11.4 Å². The lowest BCUT2D eigenvalue weighted by Gasteiger charge is -2.08. The lowest BCUT2D eigenvalue weighted by Crippen LogP contribution is -2.20. The largest absolute Gasteiger partial charge is 0.453 e. The zero-order chi connectivity index (χ0) is 16.1. The predicted molar refractivity (Wildman–Crippen MR) is 81.4 cm³/mol. The minimum atomic E-state index is -0.440. The van der Waals surface area contributed by atoms with Crippen molar-refractivity contribution in [3.8, 4) is 17.6 Å². The Labute approximate surface area is 129 Å². The summed E-state index contributed by atoms with van der Waals surface area (Å²) in [6.07, 6.45) is 1.36. The van der Waals surface area contributed by atoms with Gasteiger partial charge in [-0.25, -0.2) is 0 Å². The Bertz CT molecular complexity index is 711. The molecule has 2 rings (SSSR count). The van der Waals surface area contributed by atoms with E-state index in [9.17, 15) is 4.79 Å². The van der Waals surface area contributed by atoms with E-state index in [-0.39, 0.29) is 6.54 Å². The zero-order valence-electron chi connectivity index (χ0n) is 12.7. The van der Waals surface area contributed by atoms with Crippen LogP contribution in [0.4, 0.5) is 0 Å². The van der Waals surface area contributed by atoms with E-state index in [2.05, 4.69) is 11.2 Å². The first kappa shape index (κ1) is 15.6. The maximum Gasteiger partial charge on any atom is 0.239 e. The monoisotopic (exact) mass is 298 g/mol. The van der Waals surface area contributed by atoms with Crippen molar-refractivity contribution in [3.63, 3.8) is 0 Å². The van der Waals surface area contributed by atoms with Crippen LogP contribution in [0.5, 0.6) is 11.5 Å². The maximum absolute atomic E-state index is 11.2. The highest BCUT2D eigenvalue weighted by Gasteiger charge is 2.18. The van der Waals surface area contributed by atoms with Gasteiger partial charge < -0.3 is 10.5 Å². The van der Waals surface area contributed by atoms with Crippen molar-refractivity contribution in [1.29, 1.82) is 5.26 Å². The van der Waals surface area contributed by atoms with Gasteiger partial charge in [-0.05, 0) is 37.1 Å². The summed E-state index contributed by atoms with van der Waals surface area (Å²) in [5.41, 5.74) is 7.45. The first-order valence-electron chi connectivity index (χ1n) is 7.13. The molecule has 6 nitrogen and oxygen atoms in total. The molecule has 22 heavy (non-hydrogen) atoms. The fourth-order valence-corrected chi connectivity index (χ4v) is 2.22. The molecule has 0 saturated heterocycles. The lowest BCUT2D eigenvalue weighted by atomic mass is 10.2. The van der Waals surface area contributed by atoms with Crippen molar-refractivity contribution in [2.75, 3.05) is 0 Å². The van der Waals surface area contributed by atoms with Crippen LogP contribution in [0.25, 0.3) is 0 Å². The number of primary amides is 1. The highest BCUT2D eigenvalue weighted by atomic mass is 16.5. The fourth-order valence-electron chi connectivity index (χ4n) is 2.22. The van der Waals surface area contributed by atoms with Crippen LogP contribution in [0.1, 0.15) is 30.8 Å². The molecule has 0 radical (unpaired) electrons. The Balaban J connectivity index is 2.37. The molecule has 0 spiro atoms. The third-order valence-corrected chi connectivity index (χ3v) is 3.26. The molecule has 2 N–H and O–H groups in total. The van der Waals surface area contributed by atoms with Crippen LogP contribution >= 0.6 is 0 Å². The molecule has 0 aliphatic rings. The minimum absolute atomic E-state index is 0.0346. The van der Waals surface area contributed by atoms with Gasteiger partial charge in [0.25, 0.3) is 0 Å². The van der Waals surface area contributed by atoms with Crippen LogP contribution in [-0.2, 0) is 24.2 Å². The van der Waals surface area contributed by atoms with Crippen LogP contribution in [-0.4, -0.2) is 15.7 Å². The van der Waals surface area contributed by atoms with E-state index >= 15 is 0 Å². The number of nitrogens with two attached hydrogens (primary N) is 1. The summed E-state index contributed by atoms with van der Waals surface area (Å²) in [6.45, 7) is 3.98. The molecule has 1 heterocycles. The quantitative estimate of drug-likeness (QED) is 0.884. The van der Waals surface area contributed by atoms with Crippen LogP contribution in [0, 0.1) is 11.3 Å². The summed E-state index contributed by atoms with van der Waals surface area (Å²) in [6, 6.07) is 8.93. The maximum atomic E-state index is 11.2. The number of amides is 1. The first-order valence-corrected chi connectivity index (χ1v) is 7.13. The van der Waals surface area contributed by atoms with E-state index in [4.69, 9.17) is 15.7 Å². The molecule has 0 atom stereocenters. The molecule has 0 saturated carbocycles. The van der Waals surface area contributed by atoms with Crippen LogP contribution in [0.3, 0.4) is 0 Å². The number of aromatic nitrogens is 2. The van der Waals surface area contributed by atoms with E-state index in [1.54, 1.807) is 28.9 Å². The minimum Gasteiger partial charge on any atom is -0.453 e. The van der Waals surface area contributed by atoms with Crippen LogP contribution in [0.15, 0.2) is 24.3 Å². The molecule has 114 valence electrons. The number of hydrogen-bond acceptors (Lipinski definition) is 4. The number of aryl methyl sites for hydroxylation is 1. The zero-order valence-corrected chi connectivity index (χ0v) is 12.7. The Morgan fingerprint density at radius 2 is 2.00 bits per heavy atom. The third-order valence-electron chi connectivity index (χ3n) is 3.26. The predicted octanol–water partition coefficient (Wildman–Crippen LogP) is 2.16. The average molecular weight is 298 g/mol. The van der Waals surface area contributed by atoms with Gasteiger partial charge in [0.2, 0.25) is 5.91 Å². The van der Waals surface area contributed by atoms with Crippen molar-refractivity contribution in [3.05, 3.63) is 41.2 Å². The molecule has 0 fully saturated rings. The summed E-state index contributed by atoms with van der Waals surface area (Å²) in [4.78, 5) is 11.2. The van der Waals surface area contributed by atoms with E-state index in [1.807, 2.05) is 13.8 Å². The topological polar surface area (TPSA) is 93.9 Å². The second kappa shape index (κ2) is 6.76. The molecule has 0 aliphatic heterocycles. The van der Waals surface area contributed by atoms with Gasteiger partial charge in [-0.15, -0.1) is 0 Å². The van der Waals surface area contributed by atoms with Gasteiger partial charge in [-0.3, -0.25) is 9.48 Å². The highest BCUT2D eigenvalue weighted by Crippen LogP contribution is 2.30. The van der Waals surface area contributed by atoms with E-state index in [0.29, 0.717) is 29.9 Å². The molecule has 0 bridgehead atoms. The molecule has 6 heteroatoms. The van der Waals surface area contributed by atoms with Crippen molar-refractivity contribution >= 4 is 5.91 Å². The van der Waals surface area contributed by atoms with Gasteiger partial charge in [0.15, 0.2) is 5.75 Å². The second-order valence-corrected chi connectivity index (χ2v) is 4.79. The number of carbonyl (C=O) groups is 1. The Hall–Kier alpha value is -2.81. The van der Waals surface area contributed by atoms with Gasteiger partial charge in [0.1, 0.15) is 18.0 Å². The first-order chi connectivity index (χ1) is 10.6. The van der Waals surface area contributed by atoms with Gasteiger partial charge in [-0.2, -0.15) is 10.4 Å². The molecule has 2 aromatic rings. The van der Waals surface area contributed by atoms with Crippen molar-refractivity contribution in [1.82, 2.24) is 9.78 Å². The SMILES string of the molecule is CCc1nn(CC(N)=O)c(CC)c1Oc1ccc(C#N)cc1. The molecular weight excluding hydrogens is 280 g/mol. The van der Waals surface area contributed by atoms with Crippen molar-refractivity contribution in [2.45, 2.75) is 33.2 Å². The average Bonchev–Trinajstić information content (AvgIpc) is 2.83. The van der Waals surface area contributed by atoms with Crippen LogP contribution < -0.4 is 10.5 Å². The number of ether oxygens (including phenoxy) is 1. The summed E-state index contributed by atoms with van der Waals surface area (Å²) in [5.74, 6) is 0.850. The van der Waals surface area contributed by atoms with Crippen molar-refractivity contribution in [2.24, 2.45) is 5.73 Å². The van der Waals surface area contributed by atoms with Gasteiger partial charge in [-0.1, -0.05) is 13.8 Å². The number of carbonyl (C=O) groups excluding carboxylic acids is 1. The summed E-state index contributed by atoms with van der Waals surface area (Å²) in [7, 11) is 0. The number of benzene rings is 1. The standard InChI is InChI=1S/C16H18N4O2/c1-3-13-16(14(4-2)20(19-13)10-15(18)21)22-12-7-5-11(9-17)6-8-12/h5-8H,3-4,10H2,1-2H3,(H2,18,21). The number of nitrogens with zero attached hydrogens (tertiary/aromatic N) is 3. The number of nitriles is 1. The molecule has 1 aromatic carbocycles. The normalized spacial score (nSPS) is 10.2.